The third-order valence-corrected chi connectivity index (χ3v) is 38.4. The third kappa shape index (κ3) is 9.84. The average Bonchev–Trinajstić information content (AvgIpc) is 1.45. The van der Waals surface area contributed by atoms with Gasteiger partial charge in [0.05, 0.1) is 19.8 Å². The van der Waals surface area contributed by atoms with E-state index in [2.05, 4.69) is 171 Å². The Hall–Kier alpha value is -6.54. The van der Waals surface area contributed by atoms with E-state index in [9.17, 15) is 9.59 Å². The number of unbranched alkanes of at least 4 members (excludes halogenated alkanes) is 5. The minimum atomic E-state index is -0.530. The second-order valence-corrected chi connectivity index (χ2v) is 42.2. The van der Waals surface area contributed by atoms with Gasteiger partial charge in [-0.1, -0.05) is 169 Å². The van der Waals surface area contributed by atoms with E-state index in [0.717, 1.165) is 56.4 Å². The van der Waals surface area contributed by atoms with Crippen LogP contribution in [0.15, 0.2) is 127 Å². The Morgan fingerprint density at radius 2 is 0.600 bits per heavy atom. The first-order valence-electron chi connectivity index (χ1n) is 47.2. The Morgan fingerprint density at radius 3 is 0.965 bits per heavy atom. The Kier molecular flexibility index (Phi) is 19.0. The monoisotopic (exact) mass is 1570 g/mol. The van der Waals surface area contributed by atoms with Crippen molar-refractivity contribution in [2.75, 3.05) is 19.8 Å². The highest BCUT2D eigenvalue weighted by molar-refractivity contribution is 7.31. The standard InChI is InChI=1S/C108H130O5S2/c1-10-37-97-45-47-98(38-11-2,48-46-97)105(97)83-28-24-23-27-75(83)77-64-87-79(66-85(77)105)81-68-90-82(69-89(81)107(87)101(41-14-5)53-55-102(107,42-15-6)56-54-101)80-67-86-78(65-88(80)108(90)103(43-16-7)57-59-104(108,44-17-8)60-58-103)76-34-31-73(63-84(76)106(86)99(39-12-3)49-51-100(106,40-13-4)52-50-99)92-71-94-93(115-92)70-91(114-94)72-29-32-74(33-30-72)112-61-25-21-19-20-22-26-62-113-96(110)36-35-95(109)111-18-9/h23-24,27-36,63-71H,10-22,25-26,37-62H2,1-9H3. The van der Waals surface area contributed by atoms with Gasteiger partial charge in [0, 0.05) is 53.0 Å². The minimum Gasteiger partial charge on any atom is -0.494 e. The van der Waals surface area contributed by atoms with E-state index in [1.165, 1.54) is 236 Å². The number of carbonyl (C=O) groups excluding carboxylic acids is 2. The molecule has 2 heterocycles. The molecule has 5 nitrogen and oxygen atoms in total. The van der Waals surface area contributed by atoms with Crippen molar-refractivity contribution >= 4 is 44.0 Å². The molecule has 0 aliphatic heterocycles. The molecule has 12 aliphatic rings. The zero-order chi connectivity index (χ0) is 78.8. The van der Waals surface area contributed by atoms with Crippen LogP contribution in [-0.4, -0.2) is 31.8 Å². The van der Waals surface area contributed by atoms with Crippen molar-refractivity contribution in [1.82, 2.24) is 0 Å². The number of benzene rings is 6. The zero-order valence-corrected chi connectivity index (χ0v) is 73.1. The van der Waals surface area contributed by atoms with Gasteiger partial charge in [0.2, 0.25) is 0 Å². The first-order chi connectivity index (χ1) is 56.1. The number of ether oxygens (including phenoxy) is 3. The van der Waals surface area contributed by atoms with Crippen LogP contribution in [0.25, 0.3) is 74.8 Å². The predicted octanol–water partition coefficient (Wildman–Crippen LogP) is 30.4. The maximum absolute atomic E-state index is 11.9. The molecule has 115 heavy (non-hydrogen) atoms. The van der Waals surface area contributed by atoms with Gasteiger partial charge >= 0.3 is 11.9 Å². The van der Waals surface area contributed by atoms with Crippen LogP contribution in [0.3, 0.4) is 0 Å². The summed E-state index contributed by atoms with van der Waals surface area (Å²) in [6, 6.07) is 50.9. The lowest BCUT2D eigenvalue weighted by molar-refractivity contribution is -0.140. The van der Waals surface area contributed by atoms with E-state index >= 15 is 0 Å². The van der Waals surface area contributed by atoms with E-state index < -0.39 is 11.9 Å². The fourth-order valence-electron chi connectivity index (χ4n) is 33.3. The Bertz CT molecular complexity index is 5040. The van der Waals surface area contributed by atoms with Crippen LogP contribution in [0.2, 0.25) is 0 Å². The summed E-state index contributed by atoms with van der Waals surface area (Å²) >= 11 is 3.97. The second-order valence-electron chi connectivity index (χ2n) is 40.1. The third-order valence-electron chi connectivity index (χ3n) is 36.0. The molecular formula is C108H130O5S2. The number of rotatable bonds is 31. The summed E-state index contributed by atoms with van der Waals surface area (Å²) in [5.74, 6) is -0.112. The molecule has 2 aromatic heterocycles. The number of hydrogen-bond donors (Lipinski definition) is 0. The fraction of sp³-hybridized carbons (Fsp3) is 0.574. The molecule has 0 unspecified atom stereocenters. The smallest absolute Gasteiger partial charge is 0.331 e. The maximum atomic E-state index is 11.9. The molecule has 0 saturated heterocycles. The molecule has 4 spiro atoms. The molecule has 6 aromatic carbocycles. The van der Waals surface area contributed by atoms with Crippen molar-refractivity contribution in [2.45, 2.75) is 328 Å². The average molecular weight is 1570 g/mol. The summed E-state index contributed by atoms with van der Waals surface area (Å²) in [5.41, 5.74) is 31.9. The molecule has 0 atom stereocenters. The van der Waals surface area contributed by atoms with Gasteiger partial charge in [-0.2, -0.15) is 0 Å². The van der Waals surface area contributed by atoms with Gasteiger partial charge < -0.3 is 14.2 Å². The Morgan fingerprint density at radius 1 is 0.304 bits per heavy atom. The summed E-state index contributed by atoms with van der Waals surface area (Å²) in [5, 5.41) is 0. The fourth-order valence-corrected chi connectivity index (χ4v) is 35.7. The normalized spacial score (nSPS) is 32.1. The van der Waals surface area contributed by atoms with E-state index in [1.807, 2.05) is 22.7 Å². The summed E-state index contributed by atoms with van der Waals surface area (Å²) in [7, 11) is 0. The first kappa shape index (κ1) is 77.1. The molecular weight excluding hydrogens is 1440 g/mol. The summed E-state index contributed by atoms with van der Waals surface area (Å²) in [6.45, 7) is 23.5. The Labute approximate surface area is 697 Å². The summed E-state index contributed by atoms with van der Waals surface area (Å²) in [4.78, 5) is 26.2. The van der Waals surface area contributed by atoms with Crippen LogP contribution >= 0.6 is 22.7 Å². The largest absolute Gasteiger partial charge is 0.494 e. The van der Waals surface area contributed by atoms with Crippen molar-refractivity contribution in [2.24, 2.45) is 43.3 Å². The Balaban J connectivity index is 0.702. The lowest BCUT2D eigenvalue weighted by Crippen LogP contribution is -2.46. The van der Waals surface area contributed by atoms with Gasteiger partial charge in [0.25, 0.3) is 0 Å². The predicted molar refractivity (Wildman–Crippen MR) is 478 cm³/mol. The van der Waals surface area contributed by atoms with Gasteiger partial charge in [-0.15, -0.1) is 22.7 Å². The lowest BCUT2D eigenvalue weighted by atomic mass is 9.53. The molecule has 7 heteroatoms. The van der Waals surface area contributed by atoms with Gasteiger partial charge in [-0.05, 0) is 396 Å². The van der Waals surface area contributed by atoms with E-state index in [4.69, 9.17) is 14.2 Å². The number of hydrogen-bond acceptors (Lipinski definition) is 7. The molecule has 8 fully saturated rings. The lowest BCUT2D eigenvalue weighted by Gasteiger charge is -2.49. The second kappa shape index (κ2) is 28.3. The summed E-state index contributed by atoms with van der Waals surface area (Å²) < 4.78 is 19.2. The van der Waals surface area contributed by atoms with E-state index in [0.29, 0.717) is 24.0 Å². The van der Waals surface area contributed by atoms with Crippen LogP contribution in [-0.2, 0) is 40.7 Å². The van der Waals surface area contributed by atoms with Crippen molar-refractivity contribution in [1.29, 1.82) is 0 Å². The van der Waals surface area contributed by atoms with Crippen LogP contribution in [0.1, 0.15) is 351 Å². The quantitative estimate of drug-likeness (QED) is 0.0246. The number of carbonyl (C=O) groups is 2. The first-order valence-corrected chi connectivity index (χ1v) is 48.9. The topological polar surface area (TPSA) is 61.8 Å². The van der Waals surface area contributed by atoms with Gasteiger partial charge in [0.1, 0.15) is 5.75 Å². The van der Waals surface area contributed by atoms with E-state index in [1.54, 1.807) is 95.9 Å². The summed E-state index contributed by atoms with van der Waals surface area (Å²) in [6.07, 6.45) is 50.9. The maximum Gasteiger partial charge on any atom is 0.331 e. The molecule has 8 saturated carbocycles. The molecule has 0 radical (unpaired) electrons. The molecule has 8 bridgehead atoms. The molecule has 604 valence electrons. The SMILES string of the molecule is CCCC12CCC(CCC)(CC1)C21c2ccccc2-c2cc3c(cc21)-c1cc2c(cc1C31C3(CCC)CCC1(CCC)CC3)-c1cc3c(cc1C21C2(CCC)CCC1(CCC)CC2)-c1ccc(-c2cc4sc(-c5ccc(OCCCCCCCCOC(=O)C=CC(=O)OCC)cc5)cc4s2)cc1C31C2(CCC)CCC1(CCC)CC2. The minimum absolute atomic E-state index is 0.0389. The van der Waals surface area contributed by atoms with Crippen molar-refractivity contribution in [3.63, 3.8) is 0 Å². The molecule has 0 N–H and O–H groups in total. The van der Waals surface area contributed by atoms with Crippen LogP contribution < -0.4 is 4.74 Å². The number of esters is 2. The number of thiophene rings is 2. The number of fused-ring (bicyclic) bond motifs is 13. The van der Waals surface area contributed by atoms with Crippen LogP contribution in [0.5, 0.6) is 5.75 Å². The highest BCUT2D eigenvalue weighted by Crippen LogP contribution is 2.88. The molecule has 0 amide bonds. The van der Waals surface area contributed by atoms with Gasteiger partial charge in [-0.3, -0.25) is 0 Å². The van der Waals surface area contributed by atoms with Crippen molar-refractivity contribution < 1.29 is 23.8 Å². The van der Waals surface area contributed by atoms with E-state index in [-0.39, 0.29) is 60.8 Å². The highest BCUT2D eigenvalue weighted by atomic mass is 32.1. The van der Waals surface area contributed by atoms with Gasteiger partial charge in [-0.25, -0.2) is 9.59 Å². The van der Waals surface area contributed by atoms with Crippen molar-refractivity contribution in [3.8, 4) is 71.1 Å². The molecule has 8 aromatic rings. The highest BCUT2D eigenvalue weighted by Gasteiger charge is 2.80. The van der Waals surface area contributed by atoms with Crippen LogP contribution in [0, 0.1) is 43.3 Å². The molecule has 12 aliphatic carbocycles. The molecule has 20 rings (SSSR count). The van der Waals surface area contributed by atoms with Crippen molar-refractivity contribution in [3.05, 3.63) is 172 Å². The van der Waals surface area contributed by atoms with Crippen LogP contribution in [0.4, 0.5) is 0 Å². The van der Waals surface area contributed by atoms with Gasteiger partial charge in [0.15, 0.2) is 0 Å². The zero-order valence-electron chi connectivity index (χ0n) is 71.5.